The Labute approximate surface area is 214 Å². The highest BCUT2D eigenvalue weighted by Gasteiger charge is 2.35. The van der Waals surface area contributed by atoms with E-state index >= 15 is 0 Å². The van der Waals surface area contributed by atoms with Crippen LogP contribution in [0.3, 0.4) is 0 Å². The van der Waals surface area contributed by atoms with Gasteiger partial charge in [0, 0.05) is 4.47 Å². The third-order valence-electron chi connectivity index (χ3n) is 4.77. The van der Waals surface area contributed by atoms with Crippen LogP contribution in [-0.2, 0) is 4.79 Å². The highest BCUT2D eigenvalue weighted by Crippen LogP contribution is 2.37. The predicted molar refractivity (Wildman–Crippen MR) is 138 cm³/mol. The van der Waals surface area contributed by atoms with E-state index < -0.39 is 5.91 Å². The van der Waals surface area contributed by atoms with Gasteiger partial charge in [-0.15, -0.1) is 0 Å². The first-order valence-corrected chi connectivity index (χ1v) is 12.3. The fourth-order valence-corrected chi connectivity index (χ4v) is 4.50. The van der Waals surface area contributed by atoms with Crippen LogP contribution in [0.2, 0.25) is 5.02 Å². The van der Waals surface area contributed by atoms with Crippen molar-refractivity contribution in [2.24, 2.45) is 10.1 Å². The zero-order valence-electron chi connectivity index (χ0n) is 18.3. The van der Waals surface area contributed by atoms with E-state index in [1.165, 1.54) is 23.9 Å². The number of carbonyl (C=O) groups excluding carboxylic acids is 1. The Hall–Kier alpha value is -2.82. The van der Waals surface area contributed by atoms with E-state index in [1.807, 2.05) is 31.2 Å². The molecule has 4 rings (SSSR count). The lowest BCUT2D eigenvalue weighted by Crippen LogP contribution is -2.35. The van der Waals surface area contributed by atoms with Gasteiger partial charge < -0.3 is 14.2 Å². The molecule has 1 amide bonds. The van der Waals surface area contributed by atoms with Gasteiger partial charge in [0.2, 0.25) is 5.17 Å². The number of benzene rings is 2. The predicted octanol–water partition coefficient (Wildman–Crippen LogP) is 5.60. The van der Waals surface area contributed by atoms with Crippen LogP contribution in [0.1, 0.15) is 18.9 Å². The van der Waals surface area contributed by atoms with Gasteiger partial charge in [0.25, 0.3) is 5.91 Å². The van der Waals surface area contributed by atoms with Gasteiger partial charge in [-0.05, 0) is 66.2 Å². The van der Waals surface area contributed by atoms with Crippen molar-refractivity contribution in [3.8, 4) is 17.2 Å². The highest BCUT2D eigenvalue weighted by molar-refractivity contribution is 9.10. The van der Waals surface area contributed by atoms with Gasteiger partial charge >= 0.3 is 0 Å². The van der Waals surface area contributed by atoms with Crippen LogP contribution in [0.5, 0.6) is 17.2 Å². The third kappa shape index (κ3) is 5.29. The molecule has 176 valence electrons. The SMILES string of the molecule is CCC1=NN2C(=N)C(=Cc3cc(Cl)c(OCCOc4ccc(Br)cc4)c(OC)c3)C(=O)N=C2S1. The van der Waals surface area contributed by atoms with Gasteiger partial charge in [-0.3, -0.25) is 10.2 Å². The molecule has 0 atom stereocenters. The van der Waals surface area contributed by atoms with Gasteiger partial charge in [-0.2, -0.15) is 15.1 Å². The first-order valence-electron chi connectivity index (χ1n) is 10.3. The first kappa shape index (κ1) is 24.3. The van der Waals surface area contributed by atoms with Crippen LogP contribution < -0.4 is 14.2 Å². The van der Waals surface area contributed by atoms with Gasteiger partial charge in [0.05, 0.1) is 17.7 Å². The van der Waals surface area contributed by atoms with Crippen molar-refractivity contribution in [1.82, 2.24) is 5.01 Å². The maximum atomic E-state index is 12.6. The average Bonchev–Trinajstić information content (AvgIpc) is 3.24. The number of nitrogens with zero attached hydrogens (tertiary/aromatic N) is 3. The maximum Gasteiger partial charge on any atom is 0.283 e. The molecule has 0 spiro atoms. The van der Waals surface area contributed by atoms with Crippen molar-refractivity contribution >= 4 is 67.3 Å². The number of hydrogen-bond acceptors (Lipinski definition) is 7. The summed E-state index contributed by atoms with van der Waals surface area (Å²) in [5.74, 6) is 0.946. The van der Waals surface area contributed by atoms with Crippen LogP contribution in [0.15, 0.2) is 56.5 Å². The van der Waals surface area contributed by atoms with E-state index in [1.54, 1.807) is 18.2 Å². The molecule has 11 heteroatoms. The number of hydrogen-bond donors (Lipinski definition) is 1. The number of carbonyl (C=O) groups is 1. The van der Waals surface area contributed by atoms with Crippen molar-refractivity contribution < 1.29 is 19.0 Å². The van der Waals surface area contributed by atoms with Crippen LogP contribution in [0.25, 0.3) is 6.08 Å². The normalized spacial score (nSPS) is 16.4. The molecule has 34 heavy (non-hydrogen) atoms. The van der Waals surface area contributed by atoms with E-state index in [-0.39, 0.29) is 18.0 Å². The molecule has 0 fully saturated rings. The lowest BCUT2D eigenvalue weighted by Gasteiger charge is -2.20. The van der Waals surface area contributed by atoms with E-state index in [9.17, 15) is 4.79 Å². The van der Waals surface area contributed by atoms with Gasteiger partial charge in [0.15, 0.2) is 17.3 Å². The molecule has 0 saturated heterocycles. The smallest absolute Gasteiger partial charge is 0.283 e. The molecule has 0 aromatic heterocycles. The number of hydrazone groups is 1. The average molecular weight is 564 g/mol. The molecule has 8 nitrogen and oxygen atoms in total. The number of amides is 1. The maximum absolute atomic E-state index is 12.6. The molecular weight excluding hydrogens is 544 g/mol. The molecule has 0 radical (unpaired) electrons. The largest absolute Gasteiger partial charge is 0.493 e. The summed E-state index contributed by atoms with van der Waals surface area (Å²) in [6.07, 6.45) is 2.24. The van der Waals surface area contributed by atoms with Crippen molar-refractivity contribution in [2.75, 3.05) is 20.3 Å². The Morgan fingerprint density at radius 3 is 2.65 bits per heavy atom. The fraction of sp³-hybridized carbons (Fsp3) is 0.217. The van der Waals surface area contributed by atoms with Crippen LogP contribution >= 0.6 is 39.3 Å². The lowest BCUT2D eigenvalue weighted by molar-refractivity contribution is -0.114. The molecule has 2 heterocycles. The number of ether oxygens (including phenoxy) is 3. The Bertz CT molecular complexity index is 1230. The van der Waals surface area contributed by atoms with Gasteiger partial charge in [-0.25, -0.2) is 0 Å². The fourth-order valence-electron chi connectivity index (χ4n) is 3.14. The van der Waals surface area contributed by atoms with Crippen LogP contribution in [0, 0.1) is 5.41 Å². The monoisotopic (exact) mass is 562 g/mol. The Kier molecular flexibility index (Phi) is 7.60. The summed E-state index contributed by atoms with van der Waals surface area (Å²) in [5, 5.41) is 15.7. The Balaban J connectivity index is 1.48. The molecule has 2 aliphatic heterocycles. The second kappa shape index (κ2) is 10.6. The van der Waals surface area contributed by atoms with Crippen LogP contribution in [-0.4, -0.2) is 47.3 Å². The third-order valence-corrected chi connectivity index (χ3v) is 6.64. The standard InChI is InChI=1S/C23H20BrClN4O4S/c1-3-19-28-29-21(26)16(22(30)27-23(29)34-19)10-13-11-17(25)20(18(12-13)31-2)33-9-8-32-15-6-4-14(24)5-7-15/h4-7,10-12,26H,3,8-9H2,1-2H3. The minimum absolute atomic E-state index is 0.0357. The summed E-state index contributed by atoms with van der Waals surface area (Å²) in [6, 6.07) is 10.8. The van der Waals surface area contributed by atoms with Gasteiger partial charge in [-0.1, -0.05) is 34.5 Å². The Morgan fingerprint density at radius 1 is 1.21 bits per heavy atom. The highest BCUT2D eigenvalue weighted by atomic mass is 79.9. The summed E-state index contributed by atoms with van der Waals surface area (Å²) in [5.41, 5.74) is 0.679. The summed E-state index contributed by atoms with van der Waals surface area (Å²) in [7, 11) is 1.50. The topological polar surface area (TPSA) is 96.6 Å². The number of rotatable bonds is 8. The zero-order chi connectivity index (χ0) is 24.2. The number of amidine groups is 2. The van der Waals surface area contributed by atoms with E-state index in [4.69, 9.17) is 31.2 Å². The quantitative estimate of drug-likeness (QED) is 0.332. The van der Waals surface area contributed by atoms with E-state index in [2.05, 4.69) is 26.0 Å². The Morgan fingerprint density at radius 2 is 1.94 bits per heavy atom. The molecule has 0 unspecified atom stereocenters. The number of halogens is 2. The van der Waals surface area contributed by atoms with E-state index in [0.717, 1.165) is 15.3 Å². The molecule has 2 aromatic rings. The zero-order valence-corrected chi connectivity index (χ0v) is 21.5. The first-order chi connectivity index (χ1) is 16.4. The molecule has 2 aromatic carbocycles. The second-order valence-corrected chi connectivity index (χ2v) is 9.42. The van der Waals surface area contributed by atoms with Crippen molar-refractivity contribution in [1.29, 1.82) is 5.41 Å². The lowest BCUT2D eigenvalue weighted by atomic mass is 10.1. The molecule has 1 N–H and O–H groups in total. The summed E-state index contributed by atoms with van der Waals surface area (Å²) >= 11 is 11.1. The number of fused-ring (bicyclic) bond motifs is 1. The summed E-state index contributed by atoms with van der Waals surface area (Å²) in [4.78, 5) is 16.6. The van der Waals surface area contributed by atoms with E-state index in [0.29, 0.717) is 40.3 Å². The number of aliphatic imine (C=N–C) groups is 1. The minimum atomic E-state index is -0.503. The molecule has 2 aliphatic rings. The second-order valence-electron chi connectivity index (χ2n) is 7.05. The van der Waals surface area contributed by atoms with Crippen molar-refractivity contribution in [2.45, 2.75) is 13.3 Å². The summed E-state index contributed by atoms with van der Waals surface area (Å²) < 4.78 is 17.9. The molecular formula is C23H20BrClN4O4S. The van der Waals surface area contributed by atoms with Gasteiger partial charge in [0.1, 0.15) is 24.0 Å². The van der Waals surface area contributed by atoms with Crippen LogP contribution in [0.4, 0.5) is 0 Å². The van der Waals surface area contributed by atoms with Crippen molar-refractivity contribution in [3.05, 3.63) is 57.0 Å². The molecule has 0 bridgehead atoms. The number of methoxy groups -OCH3 is 1. The number of thioether (sulfide) groups is 1. The number of nitrogens with one attached hydrogen (secondary N) is 1. The summed E-state index contributed by atoms with van der Waals surface area (Å²) in [6.45, 7) is 2.52. The molecule has 0 aliphatic carbocycles. The van der Waals surface area contributed by atoms with Crippen molar-refractivity contribution in [3.63, 3.8) is 0 Å². The minimum Gasteiger partial charge on any atom is -0.493 e. The molecule has 0 saturated carbocycles.